The molecule has 1 N–H and O–H groups in total. The van der Waals surface area contributed by atoms with Crippen molar-refractivity contribution in [3.63, 3.8) is 0 Å². The third-order valence-corrected chi connectivity index (χ3v) is 4.41. The van der Waals surface area contributed by atoms with Crippen LogP contribution in [0.25, 0.3) is 0 Å². The lowest BCUT2D eigenvalue weighted by molar-refractivity contribution is 0.535. The molecule has 0 amide bonds. The van der Waals surface area contributed by atoms with Crippen LogP contribution in [0.5, 0.6) is 0 Å². The van der Waals surface area contributed by atoms with E-state index in [9.17, 15) is 0 Å². The minimum atomic E-state index is 0.119. The standard InChI is InChI=1S/C14H22N4S/c1-6-11-10(4)19-14(17-11)13(15-5)12-7-16-8-18(12)9(2)3/h7-9,13,15H,6H2,1-5H3. The van der Waals surface area contributed by atoms with E-state index in [1.165, 1.54) is 16.3 Å². The first kappa shape index (κ1) is 14.2. The highest BCUT2D eigenvalue weighted by Crippen LogP contribution is 2.29. The second kappa shape index (κ2) is 5.84. The molecule has 1 unspecified atom stereocenters. The summed E-state index contributed by atoms with van der Waals surface area (Å²) in [7, 11) is 1.98. The van der Waals surface area contributed by atoms with Crippen LogP contribution in [0, 0.1) is 6.92 Å². The summed E-state index contributed by atoms with van der Waals surface area (Å²) in [6, 6.07) is 0.522. The van der Waals surface area contributed by atoms with E-state index in [4.69, 9.17) is 4.98 Å². The van der Waals surface area contributed by atoms with Gasteiger partial charge in [0, 0.05) is 10.9 Å². The van der Waals surface area contributed by atoms with E-state index >= 15 is 0 Å². The first-order valence-electron chi connectivity index (χ1n) is 6.73. The molecule has 0 spiro atoms. The van der Waals surface area contributed by atoms with E-state index in [2.05, 4.69) is 42.6 Å². The zero-order chi connectivity index (χ0) is 14.0. The Morgan fingerprint density at radius 2 is 2.16 bits per heavy atom. The molecule has 104 valence electrons. The molecule has 0 aliphatic rings. The Balaban J connectivity index is 2.41. The Kier molecular flexibility index (Phi) is 4.37. The number of rotatable bonds is 5. The van der Waals surface area contributed by atoms with E-state index in [1.807, 2.05) is 19.6 Å². The van der Waals surface area contributed by atoms with Crippen molar-refractivity contribution < 1.29 is 0 Å². The number of imidazole rings is 1. The van der Waals surface area contributed by atoms with Gasteiger partial charge in [-0.05, 0) is 34.2 Å². The van der Waals surface area contributed by atoms with Gasteiger partial charge in [-0.15, -0.1) is 11.3 Å². The molecule has 2 heterocycles. The summed E-state index contributed by atoms with van der Waals surface area (Å²) in [6.45, 7) is 8.63. The summed E-state index contributed by atoms with van der Waals surface area (Å²) in [5.74, 6) is 0. The predicted molar refractivity (Wildman–Crippen MR) is 79.7 cm³/mol. The van der Waals surface area contributed by atoms with Gasteiger partial charge in [0.05, 0.1) is 23.9 Å². The maximum atomic E-state index is 4.77. The number of nitrogens with zero attached hydrogens (tertiary/aromatic N) is 3. The highest BCUT2D eigenvalue weighted by Gasteiger charge is 2.21. The third-order valence-electron chi connectivity index (χ3n) is 3.33. The summed E-state index contributed by atoms with van der Waals surface area (Å²) in [5, 5.41) is 4.49. The topological polar surface area (TPSA) is 42.7 Å². The summed E-state index contributed by atoms with van der Waals surface area (Å²) >= 11 is 1.78. The van der Waals surface area contributed by atoms with Crippen LogP contribution >= 0.6 is 11.3 Å². The number of thiazole rings is 1. The van der Waals surface area contributed by atoms with Crippen LogP contribution in [0.15, 0.2) is 12.5 Å². The molecule has 5 heteroatoms. The normalized spacial score (nSPS) is 13.2. The van der Waals surface area contributed by atoms with Crippen LogP contribution in [0.3, 0.4) is 0 Å². The molecule has 0 fully saturated rings. The quantitative estimate of drug-likeness (QED) is 0.914. The van der Waals surface area contributed by atoms with Crippen molar-refractivity contribution in [3.8, 4) is 0 Å². The SMILES string of the molecule is CCc1nc(C(NC)c2cncn2C(C)C)sc1C. The molecule has 4 nitrogen and oxygen atoms in total. The van der Waals surface area contributed by atoms with E-state index in [-0.39, 0.29) is 6.04 Å². The fraction of sp³-hybridized carbons (Fsp3) is 0.571. The average Bonchev–Trinajstić information content (AvgIpc) is 2.97. The van der Waals surface area contributed by atoms with Gasteiger partial charge in [-0.2, -0.15) is 0 Å². The molecule has 0 saturated carbocycles. The molecule has 0 bridgehead atoms. The lowest BCUT2D eigenvalue weighted by Crippen LogP contribution is -2.21. The van der Waals surface area contributed by atoms with Crippen LogP contribution < -0.4 is 5.32 Å². The maximum Gasteiger partial charge on any atom is 0.116 e. The van der Waals surface area contributed by atoms with Gasteiger partial charge in [0.15, 0.2) is 0 Å². The van der Waals surface area contributed by atoms with Crippen LogP contribution in [0.1, 0.15) is 54.1 Å². The molecule has 2 aromatic rings. The van der Waals surface area contributed by atoms with E-state index in [0.717, 1.165) is 11.4 Å². The highest BCUT2D eigenvalue weighted by atomic mass is 32.1. The van der Waals surface area contributed by atoms with Crippen LogP contribution in [0.4, 0.5) is 0 Å². The van der Waals surface area contributed by atoms with Crippen molar-refractivity contribution in [2.45, 2.75) is 46.2 Å². The summed E-state index contributed by atoms with van der Waals surface area (Å²) < 4.78 is 2.20. The van der Waals surface area contributed by atoms with Crippen molar-refractivity contribution in [2.75, 3.05) is 7.05 Å². The Labute approximate surface area is 118 Å². The van der Waals surface area contributed by atoms with Crippen LogP contribution in [0.2, 0.25) is 0 Å². The summed E-state index contributed by atoms with van der Waals surface area (Å²) in [6.07, 6.45) is 4.82. The lowest BCUT2D eigenvalue weighted by Gasteiger charge is -2.18. The second-order valence-electron chi connectivity index (χ2n) is 4.95. The number of nitrogens with one attached hydrogen (secondary N) is 1. The van der Waals surface area contributed by atoms with Gasteiger partial charge in [-0.25, -0.2) is 9.97 Å². The first-order chi connectivity index (χ1) is 9.08. The smallest absolute Gasteiger partial charge is 0.116 e. The second-order valence-corrected chi connectivity index (χ2v) is 6.18. The highest BCUT2D eigenvalue weighted by molar-refractivity contribution is 7.11. The number of hydrogen-bond acceptors (Lipinski definition) is 4. The molecule has 0 aromatic carbocycles. The third kappa shape index (κ3) is 2.72. The molecular formula is C14H22N4S. The van der Waals surface area contributed by atoms with Crippen molar-refractivity contribution in [2.24, 2.45) is 0 Å². The van der Waals surface area contributed by atoms with Gasteiger partial charge >= 0.3 is 0 Å². The van der Waals surface area contributed by atoms with Crippen LogP contribution in [-0.2, 0) is 6.42 Å². The molecule has 2 rings (SSSR count). The minimum absolute atomic E-state index is 0.119. The number of aromatic nitrogens is 3. The Bertz CT molecular complexity index is 541. The minimum Gasteiger partial charge on any atom is -0.330 e. The van der Waals surface area contributed by atoms with Gasteiger partial charge in [-0.1, -0.05) is 6.92 Å². The Morgan fingerprint density at radius 3 is 2.68 bits per heavy atom. The first-order valence-corrected chi connectivity index (χ1v) is 7.55. The molecule has 0 radical (unpaired) electrons. The molecule has 2 aromatic heterocycles. The fourth-order valence-electron chi connectivity index (χ4n) is 2.27. The van der Waals surface area contributed by atoms with E-state index in [0.29, 0.717) is 6.04 Å². The molecule has 0 aliphatic heterocycles. The van der Waals surface area contributed by atoms with E-state index in [1.54, 1.807) is 11.3 Å². The largest absolute Gasteiger partial charge is 0.330 e. The number of aryl methyl sites for hydroxylation is 2. The monoisotopic (exact) mass is 278 g/mol. The lowest BCUT2D eigenvalue weighted by atomic mass is 10.2. The predicted octanol–water partition coefficient (Wildman–Crippen LogP) is 3.10. The van der Waals surface area contributed by atoms with Gasteiger partial charge in [0.25, 0.3) is 0 Å². The molecule has 19 heavy (non-hydrogen) atoms. The van der Waals surface area contributed by atoms with Gasteiger partial charge in [0.2, 0.25) is 0 Å². The van der Waals surface area contributed by atoms with Gasteiger partial charge in [0.1, 0.15) is 11.0 Å². The van der Waals surface area contributed by atoms with Crippen molar-refractivity contribution >= 4 is 11.3 Å². The average molecular weight is 278 g/mol. The van der Waals surface area contributed by atoms with E-state index < -0.39 is 0 Å². The summed E-state index contributed by atoms with van der Waals surface area (Å²) in [5.41, 5.74) is 2.38. The molecule has 1 atom stereocenters. The molecular weight excluding hydrogens is 256 g/mol. The summed E-state index contributed by atoms with van der Waals surface area (Å²) in [4.78, 5) is 10.4. The van der Waals surface area contributed by atoms with Gasteiger partial charge in [-0.3, -0.25) is 0 Å². The van der Waals surface area contributed by atoms with Crippen molar-refractivity contribution in [1.29, 1.82) is 0 Å². The number of hydrogen-bond donors (Lipinski definition) is 1. The fourth-order valence-corrected chi connectivity index (χ4v) is 3.40. The van der Waals surface area contributed by atoms with Gasteiger partial charge < -0.3 is 9.88 Å². The molecule has 0 saturated heterocycles. The van der Waals surface area contributed by atoms with Crippen molar-refractivity contribution in [3.05, 3.63) is 33.8 Å². The Hall–Kier alpha value is -1.20. The van der Waals surface area contributed by atoms with Crippen LogP contribution in [-0.4, -0.2) is 21.6 Å². The molecule has 0 aliphatic carbocycles. The zero-order valence-electron chi connectivity index (χ0n) is 12.3. The zero-order valence-corrected chi connectivity index (χ0v) is 13.1. The maximum absolute atomic E-state index is 4.77. The Morgan fingerprint density at radius 1 is 1.42 bits per heavy atom. The van der Waals surface area contributed by atoms with Crippen molar-refractivity contribution in [1.82, 2.24) is 19.9 Å².